The Balaban J connectivity index is 3.44. The first-order chi connectivity index (χ1) is 6.02. The largest absolute Gasteiger partial charge is 0.379 e. The van der Waals surface area contributed by atoms with Gasteiger partial charge in [0.15, 0.2) is 0 Å². The fourth-order valence-electron chi connectivity index (χ4n) is 1.41. The van der Waals surface area contributed by atoms with Gasteiger partial charge in [-0.1, -0.05) is 13.3 Å². The highest BCUT2D eigenvalue weighted by molar-refractivity contribution is 4.69. The van der Waals surface area contributed by atoms with E-state index in [9.17, 15) is 0 Å². The van der Waals surface area contributed by atoms with Crippen LogP contribution in [0.25, 0.3) is 0 Å². The number of hydrogen-bond acceptors (Lipinski definition) is 2. The van der Waals surface area contributed by atoms with Crippen molar-refractivity contribution in [2.75, 3.05) is 7.11 Å². The average molecular weight is 187 g/mol. The predicted molar refractivity (Wildman–Crippen MR) is 57.8 cm³/mol. The van der Waals surface area contributed by atoms with E-state index < -0.39 is 0 Å². The summed E-state index contributed by atoms with van der Waals surface area (Å²) in [5.74, 6) is 0. The smallest absolute Gasteiger partial charge is 0.0622 e. The Labute approximate surface area is 82.8 Å². The maximum atomic E-state index is 5.91. The molecule has 0 aromatic heterocycles. The third-order valence-electron chi connectivity index (χ3n) is 2.57. The number of rotatable bonds is 7. The maximum Gasteiger partial charge on any atom is 0.0622 e. The van der Waals surface area contributed by atoms with Crippen LogP contribution in [0.2, 0.25) is 0 Å². The third-order valence-corrected chi connectivity index (χ3v) is 2.57. The predicted octanol–water partition coefficient (Wildman–Crippen LogP) is 2.71. The molecule has 0 amide bonds. The maximum absolute atomic E-state index is 5.91. The zero-order valence-electron chi connectivity index (χ0n) is 9.60. The van der Waals surface area contributed by atoms with Gasteiger partial charge in [-0.2, -0.15) is 0 Å². The number of ether oxygens (including phenoxy) is 1. The van der Waals surface area contributed by atoms with Gasteiger partial charge in [0.05, 0.1) is 5.60 Å². The molecule has 0 heterocycles. The number of hydrogen-bond donors (Lipinski definition) is 1. The Morgan fingerprint density at radius 2 is 1.92 bits per heavy atom. The van der Waals surface area contributed by atoms with Crippen molar-refractivity contribution in [2.45, 2.75) is 64.5 Å². The molecule has 0 spiro atoms. The first kappa shape index (κ1) is 12.9. The summed E-state index contributed by atoms with van der Waals surface area (Å²) < 4.78 is 5.34. The molecule has 0 saturated heterocycles. The first-order valence-electron chi connectivity index (χ1n) is 5.32. The summed E-state index contributed by atoms with van der Waals surface area (Å²) in [5, 5.41) is 0. The van der Waals surface area contributed by atoms with Gasteiger partial charge < -0.3 is 10.5 Å². The van der Waals surface area contributed by atoms with Gasteiger partial charge in [-0.25, -0.2) is 0 Å². The van der Waals surface area contributed by atoms with Crippen molar-refractivity contribution in [1.82, 2.24) is 0 Å². The molecule has 13 heavy (non-hydrogen) atoms. The Hall–Kier alpha value is -0.0800. The van der Waals surface area contributed by atoms with E-state index >= 15 is 0 Å². The first-order valence-corrected chi connectivity index (χ1v) is 5.32. The zero-order valence-corrected chi connectivity index (χ0v) is 9.60. The fourth-order valence-corrected chi connectivity index (χ4v) is 1.41. The normalized spacial score (nSPS) is 14.5. The van der Waals surface area contributed by atoms with E-state index in [0.29, 0.717) is 6.04 Å². The van der Waals surface area contributed by atoms with E-state index in [2.05, 4.69) is 20.8 Å². The molecule has 2 nitrogen and oxygen atoms in total. The van der Waals surface area contributed by atoms with Gasteiger partial charge in [0, 0.05) is 13.2 Å². The van der Waals surface area contributed by atoms with Crippen molar-refractivity contribution in [3.05, 3.63) is 0 Å². The molecule has 0 radical (unpaired) electrons. The van der Waals surface area contributed by atoms with E-state index in [4.69, 9.17) is 10.5 Å². The molecule has 0 saturated carbocycles. The van der Waals surface area contributed by atoms with Crippen LogP contribution < -0.4 is 5.73 Å². The average Bonchev–Trinajstić information content (AvgIpc) is 2.05. The fraction of sp³-hybridized carbons (Fsp3) is 1.00. The van der Waals surface area contributed by atoms with Crippen molar-refractivity contribution in [2.24, 2.45) is 5.73 Å². The summed E-state index contributed by atoms with van der Waals surface area (Å²) in [6, 6.07) is 0.387. The van der Waals surface area contributed by atoms with Gasteiger partial charge in [0.25, 0.3) is 0 Å². The van der Waals surface area contributed by atoms with Gasteiger partial charge in [0.2, 0.25) is 0 Å². The van der Waals surface area contributed by atoms with Crippen LogP contribution in [-0.2, 0) is 4.74 Å². The SMILES string of the molecule is CCCC(N)CCCC(C)(C)OC. The molecule has 0 aliphatic rings. The number of nitrogens with two attached hydrogens (primary N) is 1. The quantitative estimate of drug-likeness (QED) is 0.665. The molecule has 0 aliphatic carbocycles. The van der Waals surface area contributed by atoms with E-state index in [1.54, 1.807) is 7.11 Å². The monoisotopic (exact) mass is 187 g/mol. The van der Waals surface area contributed by atoms with E-state index in [0.717, 1.165) is 19.3 Å². The molecular formula is C11H25NO. The molecular weight excluding hydrogens is 162 g/mol. The van der Waals surface area contributed by atoms with Crippen molar-refractivity contribution in [1.29, 1.82) is 0 Å². The van der Waals surface area contributed by atoms with Crippen LogP contribution in [0.3, 0.4) is 0 Å². The van der Waals surface area contributed by atoms with Crippen LogP contribution in [0.5, 0.6) is 0 Å². The Morgan fingerprint density at radius 1 is 1.31 bits per heavy atom. The second kappa shape index (κ2) is 6.39. The van der Waals surface area contributed by atoms with Gasteiger partial charge in [-0.05, 0) is 39.5 Å². The third kappa shape index (κ3) is 7.03. The standard InChI is InChI=1S/C11H25NO/c1-5-7-10(12)8-6-9-11(2,3)13-4/h10H,5-9,12H2,1-4H3. The van der Waals surface area contributed by atoms with Gasteiger partial charge in [0.1, 0.15) is 0 Å². The second-order valence-corrected chi connectivity index (χ2v) is 4.40. The van der Waals surface area contributed by atoms with Crippen LogP contribution in [0.1, 0.15) is 52.9 Å². The molecule has 1 unspecified atom stereocenters. The Morgan fingerprint density at radius 3 is 2.38 bits per heavy atom. The van der Waals surface area contributed by atoms with E-state index in [1.807, 2.05) is 0 Å². The van der Waals surface area contributed by atoms with Crippen molar-refractivity contribution in [3.63, 3.8) is 0 Å². The Kier molecular flexibility index (Phi) is 6.35. The van der Waals surface area contributed by atoms with Gasteiger partial charge >= 0.3 is 0 Å². The molecule has 2 heteroatoms. The highest BCUT2D eigenvalue weighted by atomic mass is 16.5. The highest BCUT2D eigenvalue weighted by Gasteiger charge is 2.15. The minimum atomic E-state index is 0.0198. The minimum Gasteiger partial charge on any atom is -0.379 e. The highest BCUT2D eigenvalue weighted by Crippen LogP contribution is 2.17. The molecule has 2 N–H and O–H groups in total. The van der Waals surface area contributed by atoms with E-state index in [-0.39, 0.29) is 5.60 Å². The molecule has 0 aliphatic heterocycles. The van der Waals surface area contributed by atoms with E-state index in [1.165, 1.54) is 12.8 Å². The molecule has 80 valence electrons. The number of methoxy groups -OCH3 is 1. The summed E-state index contributed by atoms with van der Waals surface area (Å²) in [7, 11) is 1.77. The van der Waals surface area contributed by atoms with Crippen LogP contribution in [0.4, 0.5) is 0 Å². The van der Waals surface area contributed by atoms with Crippen molar-refractivity contribution < 1.29 is 4.74 Å². The Bertz CT molecular complexity index is 123. The van der Waals surface area contributed by atoms with Crippen molar-refractivity contribution >= 4 is 0 Å². The zero-order chi connectivity index (χ0) is 10.3. The molecule has 0 aromatic carbocycles. The summed E-state index contributed by atoms with van der Waals surface area (Å²) in [4.78, 5) is 0. The topological polar surface area (TPSA) is 35.2 Å². The van der Waals surface area contributed by atoms with Gasteiger partial charge in [-0.15, -0.1) is 0 Å². The van der Waals surface area contributed by atoms with Crippen LogP contribution in [0, 0.1) is 0 Å². The molecule has 0 rings (SSSR count). The van der Waals surface area contributed by atoms with Crippen LogP contribution in [-0.4, -0.2) is 18.8 Å². The second-order valence-electron chi connectivity index (χ2n) is 4.40. The summed E-state index contributed by atoms with van der Waals surface area (Å²) in [6.45, 7) is 6.43. The van der Waals surface area contributed by atoms with Gasteiger partial charge in [-0.3, -0.25) is 0 Å². The van der Waals surface area contributed by atoms with Crippen LogP contribution >= 0.6 is 0 Å². The minimum absolute atomic E-state index is 0.0198. The summed E-state index contributed by atoms with van der Waals surface area (Å²) in [5.41, 5.74) is 5.93. The lowest BCUT2D eigenvalue weighted by Crippen LogP contribution is -2.24. The lowest BCUT2D eigenvalue weighted by atomic mass is 9.98. The lowest BCUT2D eigenvalue weighted by molar-refractivity contribution is 0.0131. The summed E-state index contributed by atoms with van der Waals surface area (Å²) in [6.07, 6.45) is 5.73. The van der Waals surface area contributed by atoms with Crippen LogP contribution in [0.15, 0.2) is 0 Å². The van der Waals surface area contributed by atoms with Crippen molar-refractivity contribution in [3.8, 4) is 0 Å². The lowest BCUT2D eigenvalue weighted by Gasteiger charge is -2.23. The molecule has 1 atom stereocenters. The summed E-state index contributed by atoms with van der Waals surface area (Å²) >= 11 is 0. The molecule has 0 bridgehead atoms. The molecule has 0 aromatic rings. The molecule has 0 fully saturated rings.